The normalized spacial score (nSPS) is 12.9. The van der Waals surface area contributed by atoms with Gasteiger partial charge < -0.3 is 10.4 Å². The van der Waals surface area contributed by atoms with Crippen LogP contribution in [0.25, 0.3) is 0 Å². The number of carbonyl (C=O) groups excluding carboxylic acids is 1. The molecule has 0 radical (unpaired) electrons. The van der Waals surface area contributed by atoms with E-state index in [9.17, 15) is 9.59 Å². The zero-order valence-electron chi connectivity index (χ0n) is 9.68. The maximum absolute atomic E-state index is 11.8. The zero-order chi connectivity index (χ0) is 13.1. The molecule has 1 rings (SSSR count). The van der Waals surface area contributed by atoms with Crippen molar-refractivity contribution in [1.29, 1.82) is 0 Å². The van der Waals surface area contributed by atoms with Gasteiger partial charge in [-0.05, 0) is 26.0 Å². The number of hydrogen-bond donors (Lipinski definition) is 3. The third-order valence-corrected chi connectivity index (χ3v) is 2.52. The largest absolute Gasteiger partial charge is 0.480 e. The molecule has 0 aliphatic rings. The van der Waals surface area contributed by atoms with E-state index in [4.69, 9.17) is 5.11 Å². The summed E-state index contributed by atoms with van der Waals surface area (Å²) in [6.07, 6.45) is 0. The van der Waals surface area contributed by atoms with E-state index in [0.717, 1.165) is 0 Å². The lowest BCUT2D eigenvalue weighted by Crippen LogP contribution is -2.51. The predicted octanol–water partition coefficient (Wildman–Crippen LogP) is 1.58. The van der Waals surface area contributed by atoms with Crippen LogP contribution in [0.4, 0.5) is 0 Å². The second-order valence-corrected chi connectivity index (χ2v) is 5.42. The monoisotopic (exact) mass is 253 g/mol. The summed E-state index contributed by atoms with van der Waals surface area (Å²) in [5.74, 6) is -1.52. The number of rotatable bonds is 4. The van der Waals surface area contributed by atoms with Gasteiger partial charge in [0.05, 0.1) is 0 Å². The van der Waals surface area contributed by atoms with Crippen LogP contribution in [0.2, 0.25) is 0 Å². The highest BCUT2D eigenvalue weighted by atomic mass is 32.1. The fourth-order valence-electron chi connectivity index (χ4n) is 1.34. The number of amides is 1. The van der Waals surface area contributed by atoms with E-state index < -0.39 is 22.7 Å². The van der Waals surface area contributed by atoms with Crippen molar-refractivity contribution >= 4 is 24.5 Å². The molecule has 0 aliphatic carbocycles. The lowest BCUT2D eigenvalue weighted by Gasteiger charge is -2.26. The van der Waals surface area contributed by atoms with Gasteiger partial charge in [-0.25, -0.2) is 4.79 Å². The second kappa shape index (κ2) is 5.23. The third kappa shape index (κ3) is 3.78. The van der Waals surface area contributed by atoms with E-state index in [1.54, 1.807) is 44.2 Å². The number of benzene rings is 1. The fourth-order valence-corrected chi connectivity index (χ4v) is 1.52. The van der Waals surface area contributed by atoms with Crippen LogP contribution in [0.15, 0.2) is 30.3 Å². The SMILES string of the molecule is CC(C)(S)[C@@H](NC(=O)c1ccccc1)C(=O)O. The Kier molecular flexibility index (Phi) is 4.17. The Labute approximate surface area is 105 Å². The quantitative estimate of drug-likeness (QED) is 0.714. The van der Waals surface area contributed by atoms with Crippen LogP contribution in [-0.4, -0.2) is 27.8 Å². The first kappa shape index (κ1) is 13.6. The second-order valence-electron chi connectivity index (χ2n) is 4.26. The van der Waals surface area contributed by atoms with Crippen molar-refractivity contribution in [2.45, 2.75) is 24.6 Å². The molecule has 1 aromatic rings. The molecule has 0 aromatic heterocycles. The molecular weight excluding hydrogens is 238 g/mol. The minimum Gasteiger partial charge on any atom is -0.480 e. The highest BCUT2D eigenvalue weighted by molar-refractivity contribution is 7.81. The summed E-state index contributed by atoms with van der Waals surface area (Å²) >= 11 is 4.18. The first-order valence-electron chi connectivity index (χ1n) is 5.13. The molecule has 0 saturated carbocycles. The predicted molar refractivity (Wildman–Crippen MR) is 68.4 cm³/mol. The molecule has 0 bridgehead atoms. The van der Waals surface area contributed by atoms with Gasteiger partial charge in [0, 0.05) is 10.3 Å². The van der Waals surface area contributed by atoms with Crippen molar-refractivity contribution in [2.24, 2.45) is 0 Å². The highest BCUT2D eigenvalue weighted by Crippen LogP contribution is 2.18. The summed E-state index contributed by atoms with van der Waals surface area (Å²) in [6, 6.07) is 7.43. The zero-order valence-corrected chi connectivity index (χ0v) is 10.6. The lowest BCUT2D eigenvalue weighted by molar-refractivity contribution is -0.139. The summed E-state index contributed by atoms with van der Waals surface area (Å²) in [5.41, 5.74) is 0.427. The number of nitrogens with one attached hydrogen (secondary N) is 1. The maximum atomic E-state index is 11.8. The topological polar surface area (TPSA) is 66.4 Å². The molecule has 5 heteroatoms. The third-order valence-electron chi connectivity index (χ3n) is 2.26. The van der Waals surface area contributed by atoms with E-state index in [1.165, 1.54) is 0 Å². The van der Waals surface area contributed by atoms with Gasteiger partial charge >= 0.3 is 5.97 Å². The van der Waals surface area contributed by atoms with E-state index in [-0.39, 0.29) is 0 Å². The number of aliphatic carboxylic acids is 1. The molecule has 0 fully saturated rings. The molecule has 1 aromatic carbocycles. The molecule has 17 heavy (non-hydrogen) atoms. The standard InChI is InChI=1S/C12H15NO3S/c1-12(2,17)9(11(15)16)13-10(14)8-6-4-3-5-7-8/h3-7,9,17H,1-2H3,(H,13,14)(H,15,16)/t9-/m0/s1. The Hall–Kier alpha value is -1.49. The summed E-state index contributed by atoms with van der Waals surface area (Å²) in [6.45, 7) is 3.28. The van der Waals surface area contributed by atoms with Gasteiger partial charge in [-0.3, -0.25) is 4.79 Å². The van der Waals surface area contributed by atoms with E-state index >= 15 is 0 Å². The molecular formula is C12H15NO3S. The Morgan fingerprint density at radius 1 is 1.29 bits per heavy atom. The Morgan fingerprint density at radius 2 is 1.82 bits per heavy atom. The van der Waals surface area contributed by atoms with Crippen LogP contribution >= 0.6 is 12.6 Å². The molecule has 0 heterocycles. The van der Waals surface area contributed by atoms with Crippen LogP contribution in [0.5, 0.6) is 0 Å². The Morgan fingerprint density at radius 3 is 2.24 bits per heavy atom. The minimum atomic E-state index is -1.10. The first-order valence-corrected chi connectivity index (χ1v) is 5.58. The van der Waals surface area contributed by atoms with Crippen LogP contribution in [0, 0.1) is 0 Å². The van der Waals surface area contributed by atoms with Crippen molar-refractivity contribution in [3.63, 3.8) is 0 Å². The summed E-state index contributed by atoms with van der Waals surface area (Å²) in [4.78, 5) is 22.8. The van der Waals surface area contributed by atoms with Crippen LogP contribution < -0.4 is 5.32 Å². The van der Waals surface area contributed by atoms with E-state index in [0.29, 0.717) is 5.56 Å². The summed E-state index contributed by atoms with van der Waals surface area (Å²) < 4.78 is -0.837. The van der Waals surface area contributed by atoms with Gasteiger partial charge in [-0.1, -0.05) is 18.2 Å². The molecule has 0 saturated heterocycles. The summed E-state index contributed by atoms with van der Waals surface area (Å²) in [7, 11) is 0. The van der Waals surface area contributed by atoms with Crippen molar-refractivity contribution in [2.75, 3.05) is 0 Å². The van der Waals surface area contributed by atoms with Gasteiger partial charge in [-0.15, -0.1) is 0 Å². The highest BCUT2D eigenvalue weighted by Gasteiger charge is 2.33. The number of carbonyl (C=O) groups is 2. The van der Waals surface area contributed by atoms with E-state index in [1.807, 2.05) is 0 Å². The van der Waals surface area contributed by atoms with Crippen LogP contribution in [0.3, 0.4) is 0 Å². The number of carboxylic acids is 1. The molecule has 0 spiro atoms. The first-order chi connectivity index (χ1) is 7.82. The summed E-state index contributed by atoms with van der Waals surface area (Å²) in [5, 5.41) is 11.5. The van der Waals surface area contributed by atoms with Crippen LogP contribution in [-0.2, 0) is 4.79 Å². The van der Waals surface area contributed by atoms with Crippen molar-refractivity contribution < 1.29 is 14.7 Å². The van der Waals surface area contributed by atoms with Gasteiger partial charge in [0.1, 0.15) is 6.04 Å². The van der Waals surface area contributed by atoms with E-state index in [2.05, 4.69) is 17.9 Å². The fraction of sp³-hybridized carbons (Fsp3) is 0.333. The number of hydrogen-bond acceptors (Lipinski definition) is 3. The van der Waals surface area contributed by atoms with Crippen molar-refractivity contribution in [1.82, 2.24) is 5.32 Å². The molecule has 4 nitrogen and oxygen atoms in total. The molecule has 92 valence electrons. The molecule has 2 N–H and O–H groups in total. The van der Waals surface area contributed by atoms with Crippen molar-refractivity contribution in [3.05, 3.63) is 35.9 Å². The lowest BCUT2D eigenvalue weighted by atomic mass is 10.0. The maximum Gasteiger partial charge on any atom is 0.327 e. The van der Waals surface area contributed by atoms with Gasteiger partial charge in [0.2, 0.25) is 0 Å². The van der Waals surface area contributed by atoms with Gasteiger partial charge in [0.25, 0.3) is 5.91 Å². The minimum absolute atomic E-state index is 0.417. The van der Waals surface area contributed by atoms with Gasteiger partial charge in [0.15, 0.2) is 0 Å². The van der Waals surface area contributed by atoms with Gasteiger partial charge in [-0.2, -0.15) is 12.6 Å². The van der Waals surface area contributed by atoms with Crippen molar-refractivity contribution in [3.8, 4) is 0 Å². The molecule has 0 unspecified atom stereocenters. The molecule has 0 aliphatic heterocycles. The molecule has 1 atom stereocenters. The smallest absolute Gasteiger partial charge is 0.327 e. The Bertz CT molecular complexity index is 412. The average Bonchev–Trinajstić information content (AvgIpc) is 2.24. The number of thiol groups is 1. The average molecular weight is 253 g/mol. The molecule has 1 amide bonds. The Balaban J connectivity index is 2.83. The number of carboxylic acid groups (broad SMARTS) is 1. The van der Waals surface area contributed by atoms with Crippen LogP contribution in [0.1, 0.15) is 24.2 Å².